The summed E-state index contributed by atoms with van der Waals surface area (Å²) in [7, 11) is 0. The number of rotatable bonds is 10. The Hall–Kier alpha value is -2.55. The van der Waals surface area contributed by atoms with Gasteiger partial charge in [-0.2, -0.15) is 0 Å². The SMILES string of the molecule is C=CC(=O)Oc1c(CCCC)cc(C)cc1Cc1cc(C)cc(CCCC)c1O. The molecule has 0 aliphatic rings. The molecule has 0 spiro atoms. The van der Waals surface area contributed by atoms with Gasteiger partial charge in [0.1, 0.15) is 11.5 Å². The van der Waals surface area contributed by atoms with Crippen molar-refractivity contribution in [3.8, 4) is 11.5 Å². The van der Waals surface area contributed by atoms with E-state index in [1.807, 2.05) is 6.07 Å². The molecule has 3 nitrogen and oxygen atoms in total. The standard InChI is InChI=1S/C26H34O3/c1-6-9-11-20-13-18(4)15-22(25(20)28)17-23-16-19(5)14-21(12-10-7-2)26(23)29-24(27)8-3/h8,13-16,28H,3,6-7,9-12,17H2,1-2,4-5H3. The molecule has 0 unspecified atom stereocenters. The molecule has 0 aliphatic heterocycles. The van der Waals surface area contributed by atoms with Crippen LogP contribution in [0, 0.1) is 13.8 Å². The van der Waals surface area contributed by atoms with Crippen LogP contribution >= 0.6 is 0 Å². The highest BCUT2D eigenvalue weighted by molar-refractivity contribution is 5.84. The van der Waals surface area contributed by atoms with Crippen molar-refractivity contribution in [1.29, 1.82) is 0 Å². The Morgan fingerprint density at radius 3 is 2.03 bits per heavy atom. The molecule has 0 atom stereocenters. The zero-order chi connectivity index (χ0) is 21.4. The average Bonchev–Trinajstić information content (AvgIpc) is 2.69. The summed E-state index contributed by atoms with van der Waals surface area (Å²) in [6.07, 6.45) is 7.66. The van der Waals surface area contributed by atoms with Crippen LogP contribution in [0.4, 0.5) is 0 Å². The zero-order valence-corrected chi connectivity index (χ0v) is 18.3. The number of aryl methyl sites for hydroxylation is 4. The Balaban J connectivity index is 2.50. The molecular weight excluding hydrogens is 360 g/mol. The molecular formula is C26H34O3. The van der Waals surface area contributed by atoms with Crippen LogP contribution in [0.5, 0.6) is 11.5 Å². The van der Waals surface area contributed by atoms with E-state index in [2.05, 4.69) is 52.5 Å². The third kappa shape index (κ3) is 6.22. The molecule has 2 aromatic rings. The summed E-state index contributed by atoms with van der Waals surface area (Å²) in [5, 5.41) is 10.9. The largest absolute Gasteiger partial charge is 0.507 e. The summed E-state index contributed by atoms with van der Waals surface area (Å²) in [4.78, 5) is 12.0. The van der Waals surface area contributed by atoms with Gasteiger partial charge < -0.3 is 9.84 Å². The van der Waals surface area contributed by atoms with Gasteiger partial charge in [-0.1, -0.05) is 68.7 Å². The van der Waals surface area contributed by atoms with Crippen molar-refractivity contribution in [2.45, 2.75) is 72.6 Å². The molecule has 29 heavy (non-hydrogen) atoms. The summed E-state index contributed by atoms with van der Waals surface area (Å²) < 4.78 is 5.68. The highest BCUT2D eigenvalue weighted by atomic mass is 16.5. The van der Waals surface area contributed by atoms with Gasteiger partial charge in [0.2, 0.25) is 0 Å². The molecule has 2 rings (SSSR count). The summed E-state index contributed by atoms with van der Waals surface area (Å²) in [5.41, 5.74) is 6.09. The van der Waals surface area contributed by atoms with Gasteiger partial charge in [0.25, 0.3) is 0 Å². The van der Waals surface area contributed by atoms with E-state index in [-0.39, 0.29) is 0 Å². The maximum Gasteiger partial charge on any atom is 0.335 e. The Bertz CT molecular complexity index is 865. The summed E-state index contributed by atoms with van der Waals surface area (Å²) in [6, 6.07) is 8.23. The Morgan fingerprint density at radius 1 is 0.931 bits per heavy atom. The minimum atomic E-state index is -0.454. The molecule has 156 valence electrons. The Labute approximate surface area is 175 Å². The van der Waals surface area contributed by atoms with Crippen LogP contribution in [-0.2, 0) is 24.1 Å². The number of ether oxygens (including phenoxy) is 1. The molecule has 3 heteroatoms. The highest BCUT2D eigenvalue weighted by Crippen LogP contribution is 2.34. The highest BCUT2D eigenvalue weighted by Gasteiger charge is 2.17. The maximum absolute atomic E-state index is 12.0. The third-order valence-corrected chi connectivity index (χ3v) is 5.15. The molecule has 0 fully saturated rings. The number of phenolic OH excluding ortho intramolecular Hbond substituents is 1. The quantitative estimate of drug-likeness (QED) is 0.289. The van der Waals surface area contributed by atoms with Crippen molar-refractivity contribution >= 4 is 5.97 Å². The molecule has 0 amide bonds. The number of aromatic hydroxyl groups is 1. The molecule has 0 bridgehead atoms. The normalized spacial score (nSPS) is 10.8. The van der Waals surface area contributed by atoms with E-state index in [0.29, 0.717) is 17.9 Å². The van der Waals surface area contributed by atoms with E-state index in [1.165, 1.54) is 6.08 Å². The van der Waals surface area contributed by atoms with Crippen LogP contribution in [0.3, 0.4) is 0 Å². The number of phenols is 1. The zero-order valence-electron chi connectivity index (χ0n) is 18.3. The number of hydrogen-bond acceptors (Lipinski definition) is 3. The van der Waals surface area contributed by atoms with E-state index in [1.54, 1.807) is 0 Å². The first-order valence-electron chi connectivity index (χ1n) is 10.7. The van der Waals surface area contributed by atoms with Crippen molar-refractivity contribution in [1.82, 2.24) is 0 Å². The van der Waals surface area contributed by atoms with Crippen LogP contribution in [0.1, 0.15) is 72.9 Å². The molecule has 0 heterocycles. The second-order valence-electron chi connectivity index (χ2n) is 7.85. The molecule has 0 saturated carbocycles. The average molecular weight is 395 g/mol. The lowest BCUT2D eigenvalue weighted by Gasteiger charge is -2.17. The van der Waals surface area contributed by atoms with Crippen LogP contribution in [-0.4, -0.2) is 11.1 Å². The van der Waals surface area contributed by atoms with Crippen LogP contribution in [0.2, 0.25) is 0 Å². The molecule has 0 aliphatic carbocycles. The minimum absolute atomic E-state index is 0.363. The lowest BCUT2D eigenvalue weighted by molar-refractivity contribution is -0.129. The molecule has 2 aromatic carbocycles. The monoisotopic (exact) mass is 394 g/mol. The number of unbranched alkanes of at least 4 members (excludes halogenated alkanes) is 2. The van der Waals surface area contributed by atoms with E-state index in [0.717, 1.165) is 71.9 Å². The van der Waals surface area contributed by atoms with Crippen molar-refractivity contribution in [3.63, 3.8) is 0 Å². The maximum atomic E-state index is 12.0. The molecule has 0 saturated heterocycles. The second-order valence-corrected chi connectivity index (χ2v) is 7.85. The second kappa shape index (κ2) is 10.8. The van der Waals surface area contributed by atoms with Crippen molar-refractivity contribution in [2.75, 3.05) is 0 Å². The van der Waals surface area contributed by atoms with Gasteiger partial charge in [0.05, 0.1) is 0 Å². The summed E-state index contributed by atoms with van der Waals surface area (Å²) >= 11 is 0. The summed E-state index contributed by atoms with van der Waals surface area (Å²) in [5.74, 6) is 0.525. The van der Waals surface area contributed by atoms with Crippen molar-refractivity contribution in [2.24, 2.45) is 0 Å². The van der Waals surface area contributed by atoms with E-state index in [4.69, 9.17) is 4.74 Å². The van der Waals surface area contributed by atoms with Gasteiger partial charge in [0, 0.05) is 12.5 Å². The summed E-state index contributed by atoms with van der Waals surface area (Å²) in [6.45, 7) is 11.9. The van der Waals surface area contributed by atoms with Gasteiger partial charge in [-0.3, -0.25) is 0 Å². The van der Waals surface area contributed by atoms with E-state index in [9.17, 15) is 9.90 Å². The first-order valence-corrected chi connectivity index (χ1v) is 10.7. The molecule has 0 aromatic heterocycles. The lowest BCUT2D eigenvalue weighted by Crippen LogP contribution is -2.09. The topological polar surface area (TPSA) is 46.5 Å². The Morgan fingerprint density at radius 2 is 1.45 bits per heavy atom. The van der Waals surface area contributed by atoms with Gasteiger partial charge in [-0.15, -0.1) is 0 Å². The van der Waals surface area contributed by atoms with Gasteiger partial charge in [-0.25, -0.2) is 4.79 Å². The van der Waals surface area contributed by atoms with Crippen LogP contribution in [0.15, 0.2) is 36.9 Å². The first-order chi connectivity index (χ1) is 13.9. The van der Waals surface area contributed by atoms with Crippen LogP contribution < -0.4 is 4.74 Å². The minimum Gasteiger partial charge on any atom is -0.507 e. The van der Waals surface area contributed by atoms with Gasteiger partial charge in [0.15, 0.2) is 0 Å². The number of hydrogen-bond donors (Lipinski definition) is 1. The van der Waals surface area contributed by atoms with Crippen LogP contribution in [0.25, 0.3) is 0 Å². The predicted octanol–water partition coefficient (Wildman–Crippen LogP) is 6.38. The molecule has 0 radical (unpaired) electrons. The number of carbonyl (C=O) groups is 1. The number of benzene rings is 2. The molecule has 1 N–H and O–H groups in total. The predicted molar refractivity (Wildman–Crippen MR) is 120 cm³/mol. The van der Waals surface area contributed by atoms with Crippen molar-refractivity contribution < 1.29 is 14.6 Å². The lowest BCUT2D eigenvalue weighted by atomic mass is 9.93. The number of carbonyl (C=O) groups excluding carboxylic acids is 1. The third-order valence-electron chi connectivity index (χ3n) is 5.15. The van der Waals surface area contributed by atoms with E-state index >= 15 is 0 Å². The van der Waals surface area contributed by atoms with Gasteiger partial charge >= 0.3 is 5.97 Å². The fourth-order valence-electron chi connectivity index (χ4n) is 3.72. The Kier molecular flexibility index (Phi) is 8.50. The van der Waals surface area contributed by atoms with Crippen molar-refractivity contribution in [3.05, 3.63) is 70.3 Å². The number of esters is 1. The van der Waals surface area contributed by atoms with Gasteiger partial charge in [-0.05, 0) is 61.8 Å². The first kappa shape index (κ1) is 22.7. The smallest absolute Gasteiger partial charge is 0.335 e. The fraction of sp³-hybridized carbons (Fsp3) is 0.423. The van der Waals surface area contributed by atoms with E-state index < -0.39 is 5.97 Å². The fourth-order valence-corrected chi connectivity index (χ4v) is 3.72.